The molecule has 0 aromatic carbocycles. The third-order valence-corrected chi connectivity index (χ3v) is 1.58. The number of nitrogens with zero attached hydrogens (tertiary/aromatic N) is 1. The van der Waals surface area contributed by atoms with Gasteiger partial charge in [0.1, 0.15) is 12.3 Å². The van der Waals surface area contributed by atoms with Crippen molar-refractivity contribution in [3.63, 3.8) is 0 Å². The van der Waals surface area contributed by atoms with Crippen LogP contribution in [0.25, 0.3) is 0 Å². The van der Waals surface area contributed by atoms with Crippen LogP contribution in [0, 0.1) is 0 Å². The van der Waals surface area contributed by atoms with E-state index in [-0.39, 0.29) is 0 Å². The van der Waals surface area contributed by atoms with Gasteiger partial charge >= 0.3 is 12.1 Å². The number of ether oxygens (including phenoxy) is 1. The lowest BCUT2D eigenvalue weighted by atomic mass is 10.2. The van der Waals surface area contributed by atoms with Gasteiger partial charge in [0.25, 0.3) is 0 Å². The third-order valence-electron chi connectivity index (χ3n) is 1.58. The zero-order valence-corrected chi connectivity index (χ0v) is 9.28. The Morgan fingerprint density at radius 1 is 1.47 bits per heavy atom. The van der Waals surface area contributed by atoms with Gasteiger partial charge in [-0.3, -0.25) is 4.90 Å². The molecule has 0 rings (SSSR count). The lowest BCUT2D eigenvalue weighted by Crippen LogP contribution is -2.46. The quantitative estimate of drug-likeness (QED) is 0.779. The first-order chi connectivity index (χ1) is 6.69. The number of hydrogen-bond acceptors (Lipinski definition) is 3. The Kier molecular flexibility index (Phi) is 4.51. The Hall–Kier alpha value is -1.33. The Bertz CT molecular complexity index is 249. The van der Waals surface area contributed by atoms with E-state index in [0.717, 1.165) is 4.90 Å². The normalized spacial score (nSPS) is 13.1. The molecule has 0 radical (unpaired) electrons. The highest BCUT2D eigenvalue weighted by Gasteiger charge is 2.29. The van der Waals surface area contributed by atoms with Crippen LogP contribution in [-0.2, 0) is 9.53 Å². The van der Waals surface area contributed by atoms with Crippen molar-refractivity contribution < 1.29 is 23.8 Å². The molecule has 0 saturated heterocycles. The van der Waals surface area contributed by atoms with E-state index in [0.29, 0.717) is 0 Å². The summed E-state index contributed by atoms with van der Waals surface area (Å²) in [7, 11) is 1.19. The zero-order valence-electron chi connectivity index (χ0n) is 9.28. The van der Waals surface area contributed by atoms with E-state index >= 15 is 0 Å². The minimum absolute atomic E-state index is 0.730. The monoisotopic (exact) mass is 221 g/mol. The van der Waals surface area contributed by atoms with Crippen molar-refractivity contribution in [2.45, 2.75) is 32.4 Å². The second-order valence-corrected chi connectivity index (χ2v) is 4.10. The van der Waals surface area contributed by atoms with Gasteiger partial charge in [-0.2, -0.15) is 0 Å². The van der Waals surface area contributed by atoms with E-state index < -0.39 is 30.4 Å². The molecule has 0 heterocycles. The van der Waals surface area contributed by atoms with Crippen LogP contribution in [0.4, 0.5) is 9.18 Å². The molecular formula is C9H16FNO4. The Morgan fingerprint density at radius 2 is 1.93 bits per heavy atom. The minimum atomic E-state index is -1.50. The number of amides is 1. The second-order valence-electron chi connectivity index (χ2n) is 4.10. The fourth-order valence-electron chi connectivity index (χ4n) is 0.796. The van der Waals surface area contributed by atoms with Gasteiger partial charge in [0.05, 0.1) is 0 Å². The van der Waals surface area contributed by atoms with E-state index in [1.807, 2.05) is 0 Å². The fourth-order valence-corrected chi connectivity index (χ4v) is 0.796. The zero-order chi connectivity index (χ0) is 12.2. The van der Waals surface area contributed by atoms with Crippen LogP contribution in [0.5, 0.6) is 0 Å². The number of alkyl halides is 1. The molecule has 0 spiro atoms. The molecule has 15 heavy (non-hydrogen) atoms. The van der Waals surface area contributed by atoms with Crippen LogP contribution >= 0.6 is 0 Å². The topological polar surface area (TPSA) is 66.8 Å². The molecule has 5 nitrogen and oxygen atoms in total. The Balaban J connectivity index is 4.49. The number of rotatable bonds is 3. The summed E-state index contributed by atoms with van der Waals surface area (Å²) in [5.74, 6) is -1.40. The number of carbonyl (C=O) groups excluding carboxylic acids is 1. The molecule has 0 saturated carbocycles. The molecule has 1 N–H and O–H groups in total. The molecule has 1 unspecified atom stereocenters. The first kappa shape index (κ1) is 13.7. The van der Waals surface area contributed by atoms with E-state index in [9.17, 15) is 14.0 Å². The van der Waals surface area contributed by atoms with Crippen LogP contribution in [0.15, 0.2) is 0 Å². The molecule has 0 aliphatic rings. The molecule has 0 fully saturated rings. The van der Waals surface area contributed by atoms with Gasteiger partial charge in [-0.1, -0.05) is 0 Å². The molecule has 0 aromatic rings. The number of likely N-dealkylation sites (N-methyl/N-ethyl adjacent to an activating group) is 1. The lowest BCUT2D eigenvalue weighted by molar-refractivity contribution is -0.143. The standard InChI is InChI=1S/C9H16FNO4/c1-9(2,3)15-8(14)11(4)6(5-10)7(12)13/h6H,5H2,1-4H3,(H,12,13). The molecule has 1 atom stereocenters. The van der Waals surface area contributed by atoms with Gasteiger partial charge in [-0.25, -0.2) is 14.0 Å². The molecule has 0 bridgehead atoms. The highest BCUT2D eigenvalue weighted by atomic mass is 19.1. The first-order valence-corrected chi connectivity index (χ1v) is 4.43. The number of carboxylic acid groups (broad SMARTS) is 1. The van der Waals surface area contributed by atoms with Crippen molar-refractivity contribution >= 4 is 12.1 Å². The average Bonchev–Trinajstić information content (AvgIpc) is 2.01. The summed E-state index contributed by atoms with van der Waals surface area (Å²) in [5, 5.41) is 8.60. The summed E-state index contributed by atoms with van der Waals surface area (Å²) in [4.78, 5) is 22.6. The van der Waals surface area contributed by atoms with Gasteiger partial charge in [-0.05, 0) is 20.8 Å². The molecule has 0 aliphatic carbocycles. The summed E-state index contributed by atoms with van der Waals surface area (Å²) < 4.78 is 17.2. The summed E-state index contributed by atoms with van der Waals surface area (Å²) >= 11 is 0. The number of carbonyl (C=O) groups is 2. The average molecular weight is 221 g/mol. The van der Waals surface area contributed by atoms with Gasteiger partial charge in [0.15, 0.2) is 6.04 Å². The summed E-state index contributed by atoms with van der Waals surface area (Å²) in [5.41, 5.74) is -0.731. The van der Waals surface area contributed by atoms with Crippen molar-refractivity contribution in [2.75, 3.05) is 13.7 Å². The van der Waals surface area contributed by atoms with E-state index in [1.54, 1.807) is 20.8 Å². The first-order valence-electron chi connectivity index (χ1n) is 4.43. The maximum absolute atomic E-state index is 12.3. The molecule has 1 amide bonds. The number of carboxylic acids is 1. The molecule has 6 heteroatoms. The van der Waals surface area contributed by atoms with Crippen LogP contribution in [-0.4, -0.2) is 47.4 Å². The van der Waals surface area contributed by atoms with Crippen molar-refractivity contribution in [3.05, 3.63) is 0 Å². The van der Waals surface area contributed by atoms with Crippen molar-refractivity contribution in [3.8, 4) is 0 Å². The van der Waals surface area contributed by atoms with Gasteiger partial charge in [0.2, 0.25) is 0 Å². The van der Waals surface area contributed by atoms with Gasteiger partial charge < -0.3 is 9.84 Å². The summed E-state index contributed by atoms with van der Waals surface area (Å²) in [6.45, 7) is 3.78. The fraction of sp³-hybridized carbons (Fsp3) is 0.778. The van der Waals surface area contributed by atoms with Crippen molar-refractivity contribution in [1.29, 1.82) is 0 Å². The maximum atomic E-state index is 12.3. The Morgan fingerprint density at radius 3 is 2.20 bits per heavy atom. The second kappa shape index (κ2) is 4.95. The van der Waals surface area contributed by atoms with E-state index in [4.69, 9.17) is 9.84 Å². The van der Waals surface area contributed by atoms with Crippen LogP contribution in [0.1, 0.15) is 20.8 Å². The van der Waals surface area contributed by atoms with Crippen LogP contribution < -0.4 is 0 Å². The lowest BCUT2D eigenvalue weighted by Gasteiger charge is -2.27. The van der Waals surface area contributed by atoms with Crippen LogP contribution in [0.2, 0.25) is 0 Å². The smallest absolute Gasteiger partial charge is 0.410 e. The molecule has 0 aromatic heterocycles. The minimum Gasteiger partial charge on any atom is -0.480 e. The van der Waals surface area contributed by atoms with E-state index in [2.05, 4.69) is 0 Å². The summed E-state index contributed by atoms with van der Waals surface area (Å²) in [6, 6.07) is -1.50. The molecule has 0 aliphatic heterocycles. The highest BCUT2D eigenvalue weighted by Crippen LogP contribution is 2.11. The Labute approximate surface area is 87.8 Å². The predicted octanol–water partition coefficient (Wildman–Crippen LogP) is 1.28. The maximum Gasteiger partial charge on any atom is 0.410 e. The number of halogens is 1. The van der Waals surface area contributed by atoms with Crippen LogP contribution in [0.3, 0.4) is 0 Å². The predicted molar refractivity (Wildman–Crippen MR) is 51.4 cm³/mol. The highest BCUT2D eigenvalue weighted by molar-refractivity contribution is 5.80. The van der Waals surface area contributed by atoms with E-state index in [1.165, 1.54) is 7.05 Å². The van der Waals surface area contributed by atoms with Gasteiger partial charge in [0, 0.05) is 7.05 Å². The van der Waals surface area contributed by atoms with Crippen molar-refractivity contribution in [2.24, 2.45) is 0 Å². The number of hydrogen-bond donors (Lipinski definition) is 1. The van der Waals surface area contributed by atoms with Crippen molar-refractivity contribution in [1.82, 2.24) is 4.90 Å². The SMILES string of the molecule is CN(C(=O)OC(C)(C)C)C(CF)C(=O)O. The summed E-state index contributed by atoms with van der Waals surface area (Å²) in [6.07, 6.45) is -0.854. The third kappa shape index (κ3) is 4.62. The van der Waals surface area contributed by atoms with Gasteiger partial charge in [-0.15, -0.1) is 0 Å². The molecular weight excluding hydrogens is 205 g/mol. The largest absolute Gasteiger partial charge is 0.480 e. The molecule has 88 valence electrons. The number of aliphatic carboxylic acids is 1.